The molecule has 1 aromatic heterocycles. The Morgan fingerprint density at radius 1 is 1.29 bits per heavy atom. The molecule has 0 saturated carbocycles. The first-order valence-corrected chi connectivity index (χ1v) is 10.5. The van der Waals surface area contributed by atoms with Gasteiger partial charge in [0.1, 0.15) is 16.8 Å². The molecule has 6 nitrogen and oxygen atoms in total. The Morgan fingerprint density at radius 3 is 2.68 bits per heavy atom. The van der Waals surface area contributed by atoms with Gasteiger partial charge in [-0.05, 0) is 26.9 Å². The highest BCUT2D eigenvalue weighted by Crippen LogP contribution is 2.43. The molecule has 3 heterocycles. The Labute approximate surface area is 169 Å². The van der Waals surface area contributed by atoms with Crippen LogP contribution in [0.3, 0.4) is 0 Å². The number of ether oxygens (including phenoxy) is 1. The third-order valence-corrected chi connectivity index (χ3v) is 6.54. The number of thiazole rings is 1. The maximum Gasteiger partial charge on any atom is 0.312 e. The van der Waals surface area contributed by atoms with Crippen molar-refractivity contribution >= 4 is 23.2 Å². The van der Waals surface area contributed by atoms with E-state index in [2.05, 4.69) is 4.98 Å². The molecule has 0 N–H and O–H groups in total. The summed E-state index contributed by atoms with van der Waals surface area (Å²) >= 11 is 1.48. The Morgan fingerprint density at radius 2 is 2.00 bits per heavy atom. The molecule has 1 spiro atoms. The minimum Gasteiger partial charge on any atom is -0.461 e. The van der Waals surface area contributed by atoms with Crippen molar-refractivity contribution < 1.29 is 14.3 Å². The number of esters is 1. The van der Waals surface area contributed by atoms with Gasteiger partial charge in [-0.15, -0.1) is 11.3 Å². The molecule has 1 aromatic carbocycles. The maximum atomic E-state index is 12.9. The van der Waals surface area contributed by atoms with Crippen molar-refractivity contribution in [2.75, 3.05) is 33.7 Å². The highest BCUT2D eigenvalue weighted by Gasteiger charge is 2.50. The van der Waals surface area contributed by atoms with Gasteiger partial charge in [0.25, 0.3) is 5.91 Å². The Balaban J connectivity index is 1.40. The summed E-state index contributed by atoms with van der Waals surface area (Å²) < 4.78 is 5.60. The lowest BCUT2D eigenvalue weighted by Gasteiger charge is -2.36. The number of likely N-dealkylation sites (tertiary alicyclic amines) is 1. The van der Waals surface area contributed by atoms with Gasteiger partial charge in [-0.3, -0.25) is 9.59 Å². The van der Waals surface area contributed by atoms with Crippen LogP contribution in [0.2, 0.25) is 0 Å². The molecule has 2 aliphatic rings. The van der Waals surface area contributed by atoms with E-state index in [9.17, 15) is 9.59 Å². The van der Waals surface area contributed by atoms with Crippen molar-refractivity contribution in [1.82, 2.24) is 14.8 Å². The largest absolute Gasteiger partial charge is 0.461 e. The molecule has 0 radical (unpaired) electrons. The Kier molecular flexibility index (Phi) is 5.21. The first kappa shape index (κ1) is 19.1. The molecular formula is C21H25N3O3S. The lowest BCUT2D eigenvalue weighted by molar-refractivity contribution is -0.150. The van der Waals surface area contributed by atoms with E-state index in [1.165, 1.54) is 11.3 Å². The Bertz CT molecular complexity index is 857. The topological polar surface area (TPSA) is 62.7 Å². The zero-order valence-corrected chi connectivity index (χ0v) is 17.1. The van der Waals surface area contributed by atoms with Crippen LogP contribution in [0, 0.1) is 5.41 Å². The zero-order valence-electron chi connectivity index (χ0n) is 16.3. The maximum absolute atomic E-state index is 12.9. The number of hydrogen-bond acceptors (Lipinski definition) is 6. The number of piperidine rings is 1. The van der Waals surface area contributed by atoms with Crippen LogP contribution < -0.4 is 0 Å². The third kappa shape index (κ3) is 3.69. The van der Waals surface area contributed by atoms with Crippen LogP contribution in [0.5, 0.6) is 0 Å². The van der Waals surface area contributed by atoms with Crippen molar-refractivity contribution in [3.05, 3.63) is 41.4 Å². The number of carbonyl (C=O) groups is 2. The van der Waals surface area contributed by atoms with E-state index < -0.39 is 5.41 Å². The minimum absolute atomic E-state index is 0.0447. The molecule has 7 heteroatoms. The summed E-state index contributed by atoms with van der Waals surface area (Å²) in [6.45, 7) is 1.89. The lowest BCUT2D eigenvalue weighted by atomic mass is 9.76. The zero-order chi connectivity index (χ0) is 19.7. The Hall–Kier alpha value is -2.25. The van der Waals surface area contributed by atoms with Gasteiger partial charge < -0.3 is 14.5 Å². The molecule has 148 valence electrons. The predicted octanol–water partition coefficient (Wildman–Crippen LogP) is 2.91. The quantitative estimate of drug-likeness (QED) is 0.740. The molecular weight excluding hydrogens is 374 g/mol. The molecule has 2 saturated heterocycles. The van der Waals surface area contributed by atoms with Gasteiger partial charge in [-0.2, -0.15) is 0 Å². The summed E-state index contributed by atoms with van der Waals surface area (Å²) in [6, 6.07) is 9.88. The summed E-state index contributed by atoms with van der Waals surface area (Å²) in [5, 5.41) is 2.68. The van der Waals surface area contributed by atoms with Gasteiger partial charge in [0.05, 0.1) is 5.41 Å². The van der Waals surface area contributed by atoms with Gasteiger partial charge in [0.2, 0.25) is 0 Å². The summed E-state index contributed by atoms with van der Waals surface area (Å²) in [6.07, 6.45) is 2.03. The van der Waals surface area contributed by atoms with Crippen LogP contribution in [0.1, 0.15) is 29.8 Å². The van der Waals surface area contributed by atoms with Crippen LogP contribution in [-0.2, 0) is 9.53 Å². The third-order valence-electron chi connectivity index (χ3n) is 5.65. The normalized spacial score (nSPS) is 21.3. The first-order chi connectivity index (χ1) is 13.5. The number of aromatic nitrogens is 1. The molecule has 2 aromatic rings. The molecule has 1 amide bonds. The molecule has 0 bridgehead atoms. The summed E-state index contributed by atoms with van der Waals surface area (Å²) in [5.74, 6) is -0.143. The number of likely N-dealkylation sites (N-methyl/N-ethyl adjacent to an activating group) is 1. The van der Waals surface area contributed by atoms with E-state index in [-0.39, 0.29) is 18.0 Å². The fourth-order valence-corrected chi connectivity index (χ4v) is 4.94. The van der Waals surface area contributed by atoms with E-state index >= 15 is 0 Å². The average molecular weight is 400 g/mol. The second-order valence-corrected chi connectivity index (χ2v) is 8.83. The van der Waals surface area contributed by atoms with Gasteiger partial charge in [0, 0.05) is 37.0 Å². The fourth-order valence-electron chi connectivity index (χ4n) is 4.14. The van der Waals surface area contributed by atoms with Crippen molar-refractivity contribution in [3.63, 3.8) is 0 Å². The first-order valence-electron chi connectivity index (χ1n) is 9.63. The van der Waals surface area contributed by atoms with E-state index in [4.69, 9.17) is 4.74 Å². The second kappa shape index (κ2) is 7.64. The van der Waals surface area contributed by atoms with Gasteiger partial charge in [-0.25, -0.2) is 4.98 Å². The number of hydrogen-bond donors (Lipinski definition) is 0. The summed E-state index contributed by atoms with van der Waals surface area (Å²) in [7, 11) is 3.97. The van der Waals surface area contributed by atoms with Crippen molar-refractivity contribution in [1.29, 1.82) is 0 Å². The highest BCUT2D eigenvalue weighted by molar-refractivity contribution is 7.13. The van der Waals surface area contributed by atoms with Crippen LogP contribution in [-0.4, -0.2) is 66.5 Å². The smallest absolute Gasteiger partial charge is 0.312 e. The van der Waals surface area contributed by atoms with Gasteiger partial charge >= 0.3 is 5.97 Å². The monoisotopic (exact) mass is 399 g/mol. The predicted molar refractivity (Wildman–Crippen MR) is 108 cm³/mol. The van der Waals surface area contributed by atoms with Gasteiger partial charge in [0.15, 0.2) is 0 Å². The SMILES string of the molecule is CN(C)CC1CC2(CCN(C(=O)c3csc(-c4ccccc4)n3)CC2)C(=O)O1. The average Bonchev–Trinajstić information content (AvgIpc) is 3.28. The van der Waals surface area contributed by atoms with Crippen molar-refractivity contribution in [2.24, 2.45) is 5.41 Å². The number of cyclic esters (lactones) is 1. The lowest BCUT2D eigenvalue weighted by Crippen LogP contribution is -2.45. The van der Waals surface area contributed by atoms with E-state index in [0.717, 1.165) is 23.5 Å². The molecule has 2 aliphatic heterocycles. The van der Waals surface area contributed by atoms with Crippen LogP contribution in [0.15, 0.2) is 35.7 Å². The molecule has 0 aliphatic carbocycles. The fraction of sp³-hybridized carbons (Fsp3) is 0.476. The minimum atomic E-state index is -0.422. The standard InChI is InChI=1S/C21H25N3O3S/c1-23(2)13-16-12-21(20(26)27-16)8-10-24(11-9-21)19(25)17-14-28-18(22-17)15-6-4-3-5-7-15/h3-7,14,16H,8-13H2,1-2H3. The molecule has 28 heavy (non-hydrogen) atoms. The van der Waals surface area contributed by atoms with Crippen molar-refractivity contribution in [3.8, 4) is 10.6 Å². The number of amides is 1. The molecule has 4 rings (SSSR count). The number of nitrogens with zero attached hydrogens (tertiary/aromatic N) is 3. The number of benzene rings is 1. The van der Waals surface area contributed by atoms with Crippen LogP contribution >= 0.6 is 11.3 Å². The number of carbonyl (C=O) groups excluding carboxylic acids is 2. The van der Waals surface area contributed by atoms with E-state index in [0.29, 0.717) is 31.6 Å². The molecule has 2 fully saturated rings. The van der Waals surface area contributed by atoms with E-state index in [1.807, 2.05) is 59.6 Å². The number of rotatable bonds is 4. The van der Waals surface area contributed by atoms with E-state index in [1.54, 1.807) is 0 Å². The summed E-state index contributed by atoms with van der Waals surface area (Å²) in [5.41, 5.74) is 1.08. The van der Waals surface area contributed by atoms with Gasteiger partial charge in [-0.1, -0.05) is 30.3 Å². The van der Waals surface area contributed by atoms with Crippen LogP contribution in [0.4, 0.5) is 0 Å². The molecule has 1 atom stereocenters. The molecule has 1 unspecified atom stereocenters. The summed E-state index contributed by atoms with van der Waals surface area (Å²) in [4.78, 5) is 33.8. The second-order valence-electron chi connectivity index (χ2n) is 7.97. The van der Waals surface area contributed by atoms with Crippen LogP contribution in [0.25, 0.3) is 10.6 Å². The highest BCUT2D eigenvalue weighted by atomic mass is 32.1. The van der Waals surface area contributed by atoms with Crippen molar-refractivity contribution in [2.45, 2.75) is 25.4 Å².